The van der Waals surface area contributed by atoms with Gasteiger partial charge in [-0.2, -0.15) is 13.2 Å². The molecule has 0 unspecified atom stereocenters. The number of benzene rings is 2. The number of para-hydroxylation sites is 1. The summed E-state index contributed by atoms with van der Waals surface area (Å²) in [7, 11) is 0. The molecule has 0 aliphatic rings. The van der Waals surface area contributed by atoms with E-state index in [0.29, 0.717) is 11.3 Å². The first-order valence-corrected chi connectivity index (χ1v) is 8.58. The third kappa shape index (κ3) is 5.54. The lowest BCUT2D eigenvalue weighted by Crippen LogP contribution is -2.08. The molecule has 6 heteroatoms. The minimum Gasteiger partial charge on any atom is -0.487 e. The minimum atomic E-state index is -4.24. The molecule has 0 bridgehead atoms. The van der Waals surface area contributed by atoms with E-state index < -0.39 is 12.6 Å². The number of rotatable bonds is 7. The molecule has 0 saturated carbocycles. The molecule has 0 amide bonds. The van der Waals surface area contributed by atoms with Crippen molar-refractivity contribution in [2.45, 2.75) is 32.0 Å². The summed E-state index contributed by atoms with van der Waals surface area (Å²) in [5, 5.41) is 1.03. The molecule has 0 fully saturated rings. The van der Waals surface area contributed by atoms with Gasteiger partial charge >= 0.3 is 6.18 Å². The number of carbonyl (C=O) groups is 1. The molecular weight excluding hydrogens is 355 g/mol. The monoisotopic (exact) mass is 373 g/mol. The van der Waals surface area contributed by atoms with Crippen LogP contribution in [0.15, 0.2) is 60.7 Å². The Morgan fingerprint density at radius 1 is 1.00 bits per heavy atom. The first-order valence-electron chi connectivity index (χ1n) is 8.58. The van der Waals surface area contributed by atoms with Gasteiger partial charge in [-0.1, -0.05) is 36.4 Å². The van der Waals surface area contributed by atoms with Crippen LogP contribution in [0.3, 0.4) is 0 Å². The van der Waals surface area contributed by atoms with E-state index in [0.717, 1.165) is 16.6 Å². The molecule has 0 spiro atoms. The lowest BCUT2D eigenvalue weighted by Gasteiger charge is -2.09. The predicted octanol–water partition coefficient (Wildman–Crippen LogP) is 5.73. The fraction of sp³-hybridized carbons (Fsp3) is 0.238. The van der Waals surface area contributed by atoms with Crippen LogP contribution in [0.2, 0.25) is 0 Å². The number of halogens is 3. The smallest absolute Gasteiger partial charge is 0.389 e. The van der Waals surface area contributed by atoms with Gasteiger partial charge in [0.15, 0.2) is 5.78 Å². The zero-order valence-corrected chi connectivity index (χ0v) is 14.5. The van der Waals surface area contributed by atoms with Gasteiger partial charge in [0.2, 0.25) is 0 Å². The number of ether oxygens (including phenoxy) is 1. The standard InChI is InChI=1S/C21H18F3NO2/c22-21(23,24)12-4-9-20(26)16-6-3-7-18(13-16)27-14-17-11-10-15-5-1-2-8-19(15)25-17/h1-3,5-8,10-11,13H,4,9,12,14H2. The number of fused-ring (bicyclic) bond motifs is 1. The van der Waals surface area contributed by atoms with Crippen LogP contribution in [0.1, 0.15) is 35.3 Å². The highest BCUT2D eigenvalue weighted by molar-refractivity contribution is 5.96. The quantitative estimate of drug-likeness (QED) is 0.497. The second kappa shape index (κ2) is 8.20. The maximum atomic E-state index is 12.2. The molecule has 0 aliphatic carbocycles. The fourth-order valence-corrected chi connectivity index (χ4v) is 2.70. The Morgan fingerprint density at radius 2 is 1.81 bits per heavy atom. The molecule has 1 aromatic heterocycles. The Bertz CT molecular complexity index is 938. The van der Waals surface area contributed by atoms with Gasteiger partial charge < -0.3 is 4.74 Å². The Balaban J connectivity index is 1.60. The minimum absolute atomic E-state index is 0.144. The second-order valence-electron chi connectivity index (χ2n) is 6.20. The van der Waals surface area contributed by atoms with E-state index >= 15 is 0 Å². The molecule has 2 aromatic carbocycles. The van der Waals surface area contributed by atoms with Crippen molar-refractivity contribution in [3.05, 3.63) is 71.9 Å². The van der Waals surface area contributed by atoms with Crippen molar-refractivity contribution in [2.24, 2.45) is 0 Å². The van der Waals surface area contributed by atoms with Gasteiger partial charge in [-0.25, -0.2) is 4.98 Å². The summed E-state index contributed by atoms with van der Waals surface area (Å²) in [6, 6.07) is 18.1. The van der Waals surface area contributed by atoms with Gasteiger partial charge in [-0.3, -0.25) is 4.79 Å². The maximum absolute atomic E-state index is 12.2. The molecule has 140 valence electrons. The van der Waals surface area contributed by atoms with Crippen molar-refractivity contribution < 1.29 is 22.7 Å². The number of aromatic nitrogens is 1. The van der Waals surface area contributed by atoms with Crippen molar-refractivity contribution in [2.75, 3.05) is 0 Å². The zero-order valence-electron chi connectivity index (χ0n) is 14.5. The lowest BCUT2D eigenvalue weighted by atomic mass is 10.1. The SMILES string of the molecule is O=C(CCCC(F)(F)F)c1cccc(OCc2ccc3ccccc3n2)c1. The maximum Gasteiger partial charge on any atom is 0.389 e. The van der Waals surface area contributed by atoms with Gasteiger partial charge in [0.1, 0.15) is 12.4 Å². The lowest BCUT2D eigenvalue weighted by molar-refractivity contribution is -0.135. The van der Waals surface area contributed by atoms with Gasteiger partial charge in [0.05, 0.1) is 11.2 Å². The first kappa shape index (κ1) is 18.9. The average molecular weight is 373 g/mol. The molecule has 3 aromatic rings. The summed E-state index contributed by atoms with van der Waals surface area (Å²) < 4.78 is 42.3. The van der Waals surface area contributed by atoms with E-state index in [4.69, 9.17) is 4.74 Å². The summed E-state index contributed by atoms with van der Waals surface area (Å²) in [6.45, 7) is 0.233. The first-order chi connectivity index (χ1) is 12.9. The summed E-state index contributed by atoms with van der Waals surface area (Å²) in [5.41, 5.74) is 1.96. The highest BCUT2D eigenvalue weighted by atomic mass is 19.4. The van der Waals surface area contributed by atoms with Crippen LogP contribution in [-0.2, 0) is 6.61 Å². The van der Waals surface area contributed by atoms with Crippen molar-refractivity contribution in [3.63, 3.8) is 0 Å². The fourth-order valence-electron chi connectivity index (χ4n) is 2.70. The molecule has 0 N–H and O–H groups in total. The molecular formula is C21H18F3NO2. The number of alkyl halides is 3. The number of carbonyl (C=O) groups excluding carboxylic acids is 1. The molecule has 27 heavy (non-hydrogen) atoms. The van der Waals surface area contributed by atoms with Crippen LogP contribution >= 0.6 is 0 Å². The summed E-state index contributed by atoms with van der Waals surface area (Å²) in [6.07, 6.45) is -5.55. The van der Waals surface area contributed by atoms with E-state index in [1.54, 1.807) is 24.3 Å². The number of nitrogens with zero attached hydrogens (tertiary/aromatic N) is 1. The highest BCUT2D eigenvalue weighted by Crippen LogP contribution is 2.23. The number of pyridine rings is 1. The number of hydrogen-bond donors (Lipinski definition) is 0. The number of Topliss-reactive ketones (excluding diaryl/α,β-unsaturated/α-hetero) is 1. The second-order valence-corrected chi connectivity index (χ2v) is 6.20. The van der Waals surface area contributed by atoms with Crippen LogP contribution in [0.4, 0.5) is 13.2 Å². The van der Waals surface area contributed by atoms with E-state index in [-0.39, 0.29) is 25.2 Å². The van der Waals surface area contributed by atoms with Crippen molar-refractivity contribution in [1.29, 1.82) is 0 Å². The molecule has 3 nitrogen and oxygen atoms in total. The third-order valence-electron chi connectivity index (χ3n) is 4.06. The Labute approximate surface area is 154 Å². The van der Waals surface area contributed by atoms with Gasteiger partial charge in [-0.15, -0.1) is 0 Å². The zero-order chi connectivity index (χ0) is 19.3. The molecule has 0 atom stereocenters. The molecule has 0 aliphatic heterocycles. The number of ketones is 1. The summed E-state index contributed by atoms with van der Waals surface area (Å²) >= 11 is 0. The van der Waals surface area contributed by atoms with E-state index in [2.05, 4.69) is 4.98 Å². The van der Waals surface area contributed by atoms with Gasteiger partial charge in [0.25, 0.3) is 0 Å². The van der Waals surface area contributed by atoms with Crippen LogP contribution in [0.25, 0.3) is 10.9 Å². The van der Waals surface area contributed by atoms with Crippen molar-refractivity contribution in [1.82, 2.24) is 4.98 Å². The molecule has 3 rings (SSSR count). The van der Waals surface area contributed by atoms with Gasteiger partial charge in [-0.05, 0) is 30.7 Å². The van der Waals surface area contributed by atoms with Crippen LogP contribution in [0.5, 0.6) is 5.75 Å². The highest BCUT2D eigenvalue weighted by Gasteiger charge is 2.26. The van der Waals surface area contributed by atoms with Crippen molar-refractivity contribution in [3.8, 4) is 5.75 Å². The number of hydrogen-bond acceptors (Lipinski definition) is 3. The van der Waals surface area contributed by atoms with Crippen molar-refractivity contribution >= 4 is 16.7 Å². The molecule has 0 saturated heterocycles. The molecule has 1 heterocycles. The summed E-state index contributed by atoms with van der Waals surface area (Å²) in [5.74, 6) is 0.153. The molecule has 0 radical (unpaired) electrons. The Kier molecular flexibility index (Phi) is 5.74. The van der Waals surface area contributed by atoms with Crippen LogP contribution < -0.4 is 4.74 Å². The third-order valence-corrected chi connectivity index (χ3v) is 4.06. The average Bonchev–Trinajstić information content (AvgIpc) is 2.65. The normalized spacial score (nSPS) is 11.5. The Morgan fingerprint density at radius 3 is 2.63 bits per heavy atom. The Hall–Kier alpha value is -2.89. The van der Waals surface area contributed by atoms with Gasteiger partial charge in [0, 0.05) is 23.8 Å². The van der Waals surface area contributed by atoms with Crippen LogP contribution in [-0.4, -0.2) is 16.9 Å². The predicted molar refractivity (Wildman–Crippen MR) is 96.8 cm³/mol. The van der Waals surface area contributed by atoms with Crippen LogP contribution in [0, 0.1) is 0 Å². The summed E-state index contributed by atoms with van der Waals surface area (Å²) in [4.78, 5) is 16.6. The largest absolute Gasteiger partial charge is 0.487 e. The topological polar surface area (TPSA) is 39.2 Å². The van der Waals surface area contributed by atoms with E-state index in [9.17, 15) is 18.0 Å². The van der Waals surface area contributed by atoms with E-state index in [1.165, 1.54) is 0 Å². The van der Waals surface area contributed by atoms with E-state index in [1.807, 2.05) is 36.4 Å².